The number of hydrogen-bond donors (Lipinski definition) is 0. The maximum absolute atomic E-state index is 0. The van der Waals surface area contributed by atoms with Crippen LogP contribution in [0.15, 0.2) is 0 Å². The molecule has 0 spiro atoms. The van der Waals surface area contributed by atoms with Gasteiger partial charge in [-0.15, -0.1) is 0 Å². The summed E-state index contributed by atoms with van der Waals surface area (Å²) < 4.78 is 0. The molecular weight excluding hydrogens is 278 g/mol. The van der Waals surface area contributed by atoms with Crippen LogP contribution in [0.3, 0.4) is 0 Å². The first-order valence-corrected chi connectivity index (χ1v) is 0. The van der Waals surface area contributed by atoms with Crippen molar-refractivity contribution < 1.29 is 69.4 Å². The van der Waals surface area contributed by atoms with Gasteiger partial charge in [0.1, 0.15) is 0 Å². The normalized spacial score (nSPS) is 0. The van der Waals surface area contributed by atoms with Gasteiger partial charge in [0.15, 0.2) is 0 Å². The third kappa shape index (κ3) is 9.31. The van der Waals surface area contributed by atoms with Crippen LogP contribution in [0.2, 0.25) is 0 Å². The Morgan fingerprint density at radius 1 is 1.25 bits per heavy atom. The molecule has 0 aromatic carbocycles. The quantitative estimate of drug-likeness (QED) is 0.394. The minimum Gasteiger partial charge on any atom is -1.00 e. The van der Waals surface area contributed by atoms with Crippen molar-refractivity contribution in [3.8, 4) is 0 Å². The van der Waals surface area contributed by atoms with Crippen LogP contribution < -0.4 is 29.6 Å². The van der Waals surface area contributed by atoms with Gasteiger partial charge in [0.25, 0.3) is 0 Å². The summed E-state index contributed by atoms with van der Waals surface area (Å²) in [5.74, 6) is 0. The molecule has 0 nitrogen and oxygen atoms in total. The summed E-state index contributed by atoms with van der Waals surface area (Å²) in [6, 6.07) is 0. The molecule has 0 N–H and O–H groups in total. The summed E-state index contributed by atoms with van der Waals surface area (Å²) >= 11 is 0. The van der Waals surface area contributed by atoms with E-state index in [4.69, 9.17) is 0 Å². The maximum Gasteiger partial charge on any atom is 2.00 e. The van der Waals surface area contributed by atoms with Crippen LogP contribution >= 0.6 is 0 Å². The Morgan fingerprint density at radius 3 is 1.25 bits per heavy atom. The van der Waals surface area contributed by atoms with Crippen molar-refractivity contribution >= 4 is 56.4 Å². The molecule has 0 aliphatic carbocycles. The van der Waals surface area contributed by atoms with Crippen molar-refractivity contribution in [2.24, 2.45) is 0 Å². The molecule has 4 heteroatoms. The van der Waals surface area contributed by atoms with Gasteiger partial charge in [-0.05, 0) is 11.0 Å². The van der Waals surface area contributed by atoms with Crippen LogP contribution in [0.1, 0.15) is 4.28 Å². The van der Waals surface area contributed by atoms with Gasteiger partial charge in [0.05, 0.1) is 0 Å². The van der Waals surface area contributed by atoms with Crippen molar-refractivity contribution in [3.63, 3.8) is 0 Å². The molecule has 0 aromatic rings. The third-order valence-corrected chi connectivity index (χ3v) is 0. The second kappa shape index (κ2) is 15.8. The first-order valence-electron chi connectivity index (χ1n) is 0. The van der Waals surface area contributed by atoms with Crippen LogP contribution in [0.25, 0.3) is 0 Å². The molecule has 1 radical (unpaired) electrons. The summed E-state index contributed by atoms with van der Waals surface area (Å²) in [4.78, 5) is 0. The predicted octanol–water partition coefficient (Wildman–Crippen LogP) is -4.49. The molecule has 0 aliphatic rings. The van der Waals surface area contributed by atoms with E-state index in [1.807, 2.05) is 0 Å². The van der Waals surface area contributed by atoms with Crippen LogP contribution in [-0.2, 0) is 0 Å². The van der Waals surface area contributed by atoms with E-state index in [0.29, 0.717) is 0 Å². The van der Waals surface area contributed by atoms with E-state index in [2.05, 4.69) is 0 Å². The zero-order valence-corrected chi connectivity index (χ0v) is 11.4. The first kappa shape index (κ1) is 24.7. The van der Waals surface area contributed by atoms with Gasteiger partial charge >= 0.3 is 75.0 Å². The largest absolute Gasteiger partial charge is 2.00 e. The van der Waals surface area contributed by atoms with Crippen molar-refractivity contribution in [2.45, 2.75) is 0 Å². The summed E-state index contributed by atoms with van der Waals surface area (Å²) in [5.41, 5.74) is 0. The van der Waals surface area contributed by atoms with Crippen molar-refractivity contribution in [1.82, 2.24) is 0 Å². The molecule has 0 fully saturated rings. The average molecular weight is 285 g/mol. The van der Waals surface area contributed by atoms with Crippen LogP contribution in [0, 0.1) is 35.6 Å². The van der Waals surface area contributed by atoms with Crippen molar-refractivity contribution in [1.29, 1.82) is 0 Å². The van der Waals surface area contributed by atoms with Crippen LogP contribution in [-0.4, -0.2) is 56.4 Å². The Morgan fingerprint density at radius 2 is 1.25 bits per heavy atom. The maximum atomic E-state index is 0. The van der Waals surface area contributed by atoms with Gasteiger partial charge < -0.3 is 4.28 Å². The fourth-order valence-corrected chi connectivity index (χ4v) is 0. The molecule has 4 heavy (non-hydrogen) atoms. The topological polar surface area (TPSA) is 0 Å². The number of rotatable bonds is 0. The van der Waals surface area contributed by atoms with Gasteiger partial charge in [-0.25, -0.2) is 0 Å². The Bertz CT molecular complexity index is 14.9. The second-order valence-electron chi connectivity index (χ2n) is 0. The Hall–Kier alpha value is 3.89. The van der Waals surface area contributed by atoms with E-state index in [1.54, 1.807) is 0 Å². The SMILES string of the molecule is [H-].[H-].[H-].[La].[Na+].[SiH4].[Sr+2]. The Kier molecular flexibility index (Phi) is 97.7. The molecule has 0 saturated heterocycles. The summed E-state index contributed by atoms with van der Waals surface area (Å²) in [6.07, 6.45) is 0. The minimum absolute atomic E-state index is 0. The molecule has 0 amide bonds. The Labute approximate surface area is 123 Å². The average Bonchev–Trinajstić information content (AvgIpc) is 0. The molecule has 0 unspecified atom stereocenters. The van der Waals surface area contributed by atoms with Crippen LogP contribution in [0.5, 0.6) is 0 Å². The van der Waals surface area contributed by atoms with Gasteiger partial charge in [-0.2, -0.15) is 0 Å². The fraction of sp³-hybridized carbons (Fsp3) is 0. The van der Waals surface area contributed by atoms with Gasteiger partial charge in [0, 0.05) is 35.6 Å². The van der Waals surface area contributed by atoms with E-state index in [0.717, 1.165) is 0 Å². The second-order valence-corrected chi connectivity index (χ2v) is 0. The molecule has 17 valence electrons. The molecule has 0 heterocycles. The monoisotopic (exact) mass is 285 g/mol. The summed E-state index contributed by atoms with van der Waals surface area (Å²) in [6.45, 7) is 0. The molecule has 0 bridgehead atoms. The zero-order valence-electron chi connectivity index (χ0n) is 5.28. The van der Waals surface area contributed by atoms with Crippen LogP contribution in [0.4, 0.5) is 0 Å². The standard InChI is InChI=1S/La.Na.H4Si.Sr.3H/h;;1H4;;;;/q;+1;;+2;3*-1. The molecule has 0 aromatic heterocycles. The van der Waals surface area contributed by atoms with E-state index in [9.17, 15) is 0 Å². The zero-order chi connectivity index (χ0) is 0. The number of hydrogen-bond acceptors (Lipinski definition) is 0. The van der Waals surface area contributed by atoms with Crippen molar-refractivity contribution in [2.75, 3.05) is 0 Å². The minimum atomic E-state index is 0. The molecular formula is H7LaNaSiSr. The van der Waals surface area contributed by atoms with Gasteiger partial charge in [-0.1, -0.05) is 0 Å². The van der Waals surface area contributed by atoms with Gasteiger partial charge in [-0.3, -0.25) is 0 Å². The van der Waals surface area contributed by atoms with E-state index >= 15 is 0 Å². The summed E-state index contributed by atoms with van der Waals surface area (Å²) in [7, 11) is 0. The Balaban J connectivity index is 0. The molecule has 0 rings (SSSR count). The third-order valence-electron chi connectivity index (χ3n) is 0. The molecule has 0 saturated carbocycles. The predicted molar refractivity (Wildman–Crippen MR) is 20.4 cm³/mol. The smallest absolute Gasteiger partial charge is 1.00 e. The van der Waals surface area contributed by atoms with E-state index < -0.39 is 0 Å². The van der Waals surface area contributed by atoms with Gasteiger partial charge in [0.2, 0.25) is 0 Å². The summed E-state index contributed by atoms with van der Waals surface area (Å²) in [5, 5.41) is 0. The first-order chi connectivity index (χ1) is 0. The fourth-order valence-electron chi connectivity index (χ4n) is 0. The molecule has 0 aliphatic heterocycles. The van der Waals surface area contributed by atoms with E-state index in [-0.39, 0.29) is 126 Å². The van der Waals surface area contributed by atoms with Crippen molar-refractivity contribution in [3.05, 3.63) is 0 Å². The van der Waals surface area contributed by atoms with E-state index in [1.165, 1.54) is 0 Å². The molecule has 0 atom stereocenters.